The van der Waals surface area contributed by atoms with Gasteiger partial charge in [0.15, 0.2) is 0 Å². The molecule has 0 bridgehead atoms. The van der Waals surface area contributed by atoms with Crippen molar-refractivity contribution in [3.8, 4) is 0 Å². The van der Waals surface area contributed by atoms with Gasteiger partial charge in [-0.25, -0.2) is 0 Å². The summed E-state index contributed by atoms with van der Waals surface area (Å²) in [5.41, 5.74) is 0.282. The van der Waals surface area contributed by atoms with Crippen molar-refractivity contribution in [2.45, 2.75) is 25.9 Å². The number of hydrogen-bond donors (Lipinski definition) is 1. The third-order valence-electron chi connectivity index (χ3n) is 3.06. The molecule has 2 aromatic rings. The van der Waals surface area contributed by atoms with Crippen LogP contribution >= 0.6 is 0 Å². The van der Waals surface area contributed by atoms with Gasteiger partial charge in [-0.1, -0.05) is 49.4 Å². The highest BCUT2D eigenvalue weighted by molar-refractivity contribution is 5.86. The summed E-state index contributed by atoms with van der Waals surface area (Å²) in [5.74, 6) is 0. The molecule has 1 N–H and O–H groups in total. The van der Waals surface area contributed by atoms with Crippen molar-refractivity contribution in [2.24, 2.45) is 0 Å². The van der Waals surface area contributed by atoms with Gasteiger partial charge in [-0.15, -0.1) is 0 Å². The molecule has 15 heavy (non-hydrogen) atoms. The first-order valence-electron chi connectivity index (χ1n) is 5.36. The molecule has 2 rings (SSSR count). The van der Waals surface area contributed by atoms with Crippen LogP contribution in [0.1, 0.15) is 25.8 Å². The lowest BCUT2D eigenvalue weighted by molar-refractivity contribution is 0.0546. The fraction of sp³-hybridized carbons (Fsp3) is 0.286. The Balaban J connectivity index is 2.71. The smallest absolute Gasteiger partial charge is 0.0871 e. The fourth-order valence-corrected chi connectivity index (χ4v) is 1.89. The molecule has 0 amide bonds. The van der Waals surface area contributed by atoms with Crippen LogP contribution in [-0.4, -0.2) is 5.11 Å². The summed E-state index contributed by atoms with van der Waals surface area (Å²) in [6, 6.07) is 14.3. The number of fused-ring (bicyclic) bond motifs is 1. The quantitative estimate of drug-likeness (QED) is 0.787. The minimum Gasteiger partial charge on any atom is -0.385 e. The summed E-state index contributed by atoms with van der Waals surface area (Å²) in [6.07, 6.45) is 0.723. The first-order valence-corrected chi connectivity index (χ1v) is 5.36. The lowest BCUT2D eigenvalue weighted by Crippen LogP contribution is -2.19. The zero-order valence-corrected chi connectivity index (χ0v) is 9.20. The third kappa shape index (κ3) is 1.75. The van der Waals surface area contributed by atoms with E-state index in [1.54, 1.807) is 0 Å². The summed E-state index contributed by atoms with van der Waals surface area (Å²) in [5, 5.41) is 12.6. The molecule has 0 heterocycles. The molecule has 0 unspecified atom stereocenters. The molecule has 1 heteroatoms. The molecule has 0 aromatic heterocycles. The number of hydrogen-bond acceptors (Lipinski definition) is 1. The molecule has 0 radical (unpaired) electrons. The van der Waals surface area contributed by atoms with Crippen molar-refractivity contribution in [3.05, 3.63) is 48.0 Å². The van der Waals surface area contributed by atoms with Crippen LogP contribution in [0.5, 0.6) is 0 Å². The van der Waals surface area contributed by atoms with Gasteiger partial charge in [-0.3, -0.25) is 0 Å². The largest absolute Gasteiger partial charge is 0.385 e. The molecule has 0 saturated heterocycles. The minimum atomic E-state index is -0.735. The maximum Gasteiger partial charge on any atom is 0.0871 e. The van der Waals surface area contributed by atoms with E-state index in [0.29, 0.717) is 0 Å². The Kier molecular flexibility index (Phi) is 2.49. The molecule has 0 fully saturated rings. The number of rotatable bonds is 2. The van der Waals surface area contributed by atoms with Gasteiger partial charge in [-0.05, 0) is 29.7 Å². The zero-order chi connectivity index (χ0) is 10.9. The second kappa shape index (κ2) is 3.67. The predicted octanol–water partition coefficient (Wildman–Crippen LogP) is 3.46. The predicted molar refractivity (Wildman–Crippen MR) is 63.8 cm³/mol. The van der Waals surface area contributed by atoms with Crippen molar-refractivity contribution in [1.29, 1.82) is 0 Å². The van der Waals surface area contributed by atoms with Crippen LogP contribution in [0.25, 0.3) is 10.8 Å². The van der Waals surface area contributed by atoms with E-state index in [2.05, 4.69) is 18.2 Å². The van der Waals surface area contributed by atoms with Gasteiger partial charge < -0.3 is 5.11 Å². The first-order chi connectivity index (χ1) is 7.15. The molecule has 78 valence electrons. The molecule has 0 aliphatic rings. The first kappa shape index (κ1) is 10.2. The Bertz CT molecular complexity index is 466. The number of benzene rings is 2. The lowest BCUT2D eigenvalue weighted by Gasteiger charge is -2.23. The maximum atomic E-state index is 10.3. The molecule has 0 saturated carbocycles. The van der Waals surface area contributed by atoms with Crippen molar-refractivity contribution in [3.63, 3.8) is 0 Å². The number of aliphatic hydroxyl groups is 1. The highest BCUT2D eigenvalue weighted by Gasteiger charge is 2.22. The van der Waals surface area contributed by atoms with Crippen molar-refractivity contribution in [2.75, 3.05) is 0 Å². The average molecular weight is 200 g/mol. The summed E-state index contributed by atoms with van der Waals surface area (Å²) in [7, 11) is 0. The highest BCUT2D eigenvalue weighted by Crippen LogP contribution is 2.30. The summed E-state index contributed by atoms with van der Waals surface area (Å²) < 4.78 is 0. The Labute approximate surface area is 90.4 Å². The molecule has 0 aliphatic heterocycles. The molecule has 0 spiro atoms. The van der Waals surface area contributed by atoms with Crippen LogP contribution in [0.4, 0.5) is 0 Å². The van der Waals surface area contributed by atoms with Crippen LogP contribution in [0.2, 0.25) is 0 Å². The van der Waals surface area contributed by atoms with E-state index in [0.717, 1.165) is 17.4 Å². The molecular weight excluding hydrogens is 184 g/mol. The van der Waals surface area contributed by atoms with Gasteiger partial charge >= 0.3 is 0 Å². The standard InChI is InChI=1S/C14H16O/c1-3-14(2,15)13-10-6-8-11-7-4-5-9-12(11)13/h4-10,15H,3H2,1-2H3/t14-/m0/s1. The van der Waals surface area contributed by atoms with Gasteiger partial charge in [-0.2, -0.15) is 0 Å². The minimum absolute atomic E-state index is 0.723. The van der Waals surface area contributed by atoms with E-state index in [1.807, 2.05) is 38.1 Å². The van der Waals surface area contributed by atoms with E-state index in [4.69, 9.17) is 0 Å². The summed E-state index contributed by atoms with van der Waals surface area (Å²) in [6.45, 7) is 3.87. The molecule has 0 aliphatic carbocycles. The van der Waals surface area contributed by atoms with Crippen LogP contribution in [0.3, 0.4) is 0 Å². The van der Waals surface area contributed by atoms with E-state index < -0.39 is 5.60 Å². The van der Waals surface area contributed by atoms with Crippen LogP contribution in [0.15, 0.2) is 42.5 Å². The Morgan fingerprint density at radius 3 is 2.47 bits per heavy atom. The zero-order valence-electron chi connectivity index (χ0n) is 9.20. The highest BCUT2D eigenvalue weighted by atomic mass is 16.3. The van der Waals surface area contributed by atoms with Gasteiger partial charge in [0.25, 0.3) is 0 Å². The van der Waals surface area contributed by atoms with E-state index in [-0.39, 0.29) is 0 Å². The van der Waals surface area contributed by atoms with Crippen molar-refractivity contribution >= 4 is 10.8 Å². The third-order valence-corrected chi connectivity index (χ3v) is 3.06. The second-order valence-electron chi connectivity index (χ2n) is 4.15. The van der Waals surface area contributed by atoms with E-state index >= 15 is 0 Å². The Hall–Kier alpha value is -1.34. The summed E-state index contributed by atoms with van der Waals surface area (Å²) >= 11 is 0. The SMILES string of the molecule is CC[C@](C)(O)c1cccc2ccccc12. The van der Waals surface area contributed by atoms with Crippen molar-refractivity contribution in [1.82, 2.24) is 0 Å². The van der Waals surface area contributed by atoms with Gasteiger partial charge in [0.2, 0.25) is 0 Å². The normalized spacial score (nSPS) is 15.1. The maximum absolute atomic E-state index is 10.3. The fourth-order valence-electron chi connectivity index (χ4n) is 1.89. The van der Waals surface area contributed by atoms with Crippen molar-refractivity contribution < 1.29 is 5.11 Å². The topological polar surface area (TPSA) is 20.2 Å². The Morgan fingerprint density at radius 1 is 1.07 bits per heavy atom. The summed E-state index contributed by atoms with van der Waals surface area (Å²) in [4.78, 5) is 0. The van der Waals surface area contributed by atoms with Crippen LogP contribution in [-0.2, 0) is 5.60 Å². The van der Waals surface area contributed by atoms with Crippen LogP contribution < -0.4 is 0 Å². The molecule has 1 nitrogen and oxygen atoms in total. The van der Waals surface area contributed by atoms with Gasteiger partial charge in [0.05, 0.1) is 5.60 Å². The lowest BCUT2D eigenvalue weighted by atomic mass is 9.89. The molecular formula is C14H16O. The van der Waals surface area contributed by atoms with Gasteiger partial charge in [0.1, 0.15) is 0 Å². The average Bonchev–Trinajstić information content (AvgIpc) is 2.28. The van der Waals surface area contributed by atoms with E-state index in [1.165, 1.54) is 5.39 Å². The van der Waals surface area contributed by atoms with E-state index in [9.17, 15) is 5.11 Å². The second-order valence-corrected chi connectivity index (χ2v) is 4.15. The Morgan fingerprint density at radius 2 is 1.73 bits per heavy atom. The molecule has 2 aromatic carbocycles. The van der Waals surface area contributed by atoms with Gasteiger partial charge in [0, 0.05) is 0 Å². The monoisotopic (exact) mass is 200 g/mol. The van der Waals surface area contributed by atoms with Crippen LogP contribution in [0, 0.1) is 0 Å². The molecule has 1 atom stereocenters.